The molecule has 3 rings (SSSR count). The number of hydrogen-bond donors (Lipinski definition) is 1. The molecule has 0 saturated carbocycles. The highest BCUT2D eigenvalue weighted by Gasteiger charge is 2.30. The standard InChI is InChI=1S/C22H26ClNO4S/c1-5-14-6-8-16-18(11-14)29-21(19(16)22(26)27-4)24-20(25)13(3)28-17-9-7-15(23)10-12(17)2/h7,9-10,13-14H,5-6,8,11H2,1-4H3,(H,24,25)/t13-,14-/m0/s1. The van der Waals surface area contributed by atoms with E-state index >= 15 is 0 Å². The number of benzene rings is 1. The Morgan fingerprint density at radius 3 is 2.79 bits per heavy atom. The number of halogens is 1. The Bertz CT molecular complexity index is 924. The van der Waals surface area contributed by atoms with Crippen LogP contribution < -0.4 is 10.1 Å². The normalized spacial score (nSPS) is 16.7. The molecule has 2 atom stereocenters. The van der Waals surface area contributed by atoms with Crippen molar-refractivity contribution >= 4 is 39.8 Å². The minimum atomic E-state index is -0.733. The molecule has 0 aliphatic heterocycles. The highest BCUT2D eigenvalue weighted by Crippen LogP contribution is 2.40. The van der Waals surface area contributed by atoms with E-state index in [1.54, 1.807) is 25.1 Å². The summed E-state index contributed by atoms with van der Waals surface area (Å²) in [5.74, 6) is 0.497. The van der Waals surface area contributed by atoms with Gasteiger partial charge in [0.2, 0.25) is 0 Å². The molecule has 7 heteroatoms. The molecule has 0 saturated heterocycles. The van der Waals surface area contributed by atoms with Crippen LogP contribution in [0.15, 0.2) is 18.2 Å². The SMILES string of the molecule is CC[C@H]1CCc2c(sc(NC(=O)[C@H](C)Oc3ccc(Cl)cc3C)c2C(=O)OC)C1. The van der Waals surface area contributed by atoms with Gasteiger partial charge in [-0.1, -0.05) is 24.9 Å². The van der Waals surface area contributed by atoms with Gasteiger partial charge in [-0.15, -0.1) is 11.3 Å². The molecule has 1 aliphatic rings. The summed E-state index contributed by atoms with van der Waals surface area (Å²) in [7, 11) is 1.37. The zero-order valence-electron chi connectivity index (χ0n) is 17.1. The summed E-state index contributed by atoms with van der Waals surface area (Å²) in [6.07, 6.45) is 3.20. The lowest BCUT2D eigenvalue weighted by Gasteiger charge is -2.20. The quantitative estimate of drug-likeness (QED) is 0.615. The number of rotatable bonds is 6. The van der Waals surface area contributed by atoms with Crippen molar-refractivity contribution < 1.29 is 19.1 Å². The number of aryl methyl sites for hydroxylation is 1. The minimum absolute atomic E-state index is 0.310. The van der Waals surface area contributed by atoms with Gasteiger partial charge in [0, 0.05) is 9.90 Å². The molecule has 0 radical (unpaired) electrons. The third kappa shape index (κ3) is 4.75. The summed E-state index contributed by atoms with van der Waals surface area (Å²) in [5, 5.41) is 4.06. The minimum Gasteiger partial charge on any atom is -0.481 e. The first-order chi connectivity index (χ1) is 13.8. The lowest BCUT2D eigenvalue weighted by Crippen LogP contribution is -2.30. The fourth-order valence-corrected chi connectivity index (χ4v) is 5.19. The first kappa shape index (κ1) is 21.7. The van der Waals surface area contributed by atoms with Crippen molar-refractivity contribution in [3.05, 3.63) is 44.8 Å². The maximum atomic E-state index is 12.8. The number of carbonyl (C=O) groups is 2. The van der Waals surface area contributed by atoms with Crippen molar-refractivity contribution in [2.75, 3.05) is 12.4 Å². The fourth-order valence-electron chi connectivity index (χ4n) is 3.61. The molecule has 1 amide bonds. The lowest BCUT2D eigenvalue weighted by molar-refractivity contribution is -0.122. The average Bonchev–Trinajstić information content (AvgIpc) is 3.06. The molecule has 0 spiro atoms. The molecule has 1 aromatic heterocycles. The number of esters is 1. The molecule has 1 N–H and O–H groups in total. The van der Waals surface area contributed by atoms with E-state index in [-0.39, 0.29) is 5.91 Å². The van der Waals surface area contributed by atoms with Gasteiger partial charge in [-0.25, -0.2) is 4.79 Å². The van der Waals surface area contributed by atoms with Crippen molar-refractivity contribution in [3.8, 4) is 5.75 Å². The van der Waals surface area contributed by atoms with Crippen LogP contribution in [0, 0.1) is 12.8 Å². The molecule has 29 heavy (non-hydrogen) atoms. The van der Waals surface area contributed by atoms with E-state index in [4.69, 9.17) is 21.1 Å². The van der Waals surface area contributed by atoms with Crippen LogP contribution in [0.5, 0.6) is 5.75 Å². The van der Waals surface area contributed by atoms with Crippen molar-refractivity contribution in [1.29, 1.82) is 0 Å². The molecule has 5 nitrogen and oxygen atoms in total. The second-order valence-corrected chi connectivity index (χ2v) is 8.92. The number of amides is 1. The van der Waals surface area contributed by atoms with Crippen molar-refractivity contribution in [2.45, 2.75) is 52.6 Å². The summed E-state index contributed by atoms with van der Waals surface area (Å²) < 4.78 is 10.8. The molecule has 2 aromatic rings. The summed E-state index contributed by atoms with van der Waals surface area (Å²) in [5.41, 5.74) is 2.36. The van der Waals surface area contributed by atoms with Crippen LogP contribution in [-0.2, 0) is 22.4 Å². The van der Waals surface area contributed by atoms with Crippen LogP contribution in [0.4, 0.5) is 5.00 Å². The van der Waals surface area contributed by atoms with Crippen LogP contribution in [0.3, 0.4) is 0 Å². The Morgan fingerprint density at radius 1 is 1.38 bits per heavy atom. The number of fused-ring (bicyclic) bond motifs is 1. The van der Waals surface area contributed by atoms with Crippen LogP contribution in [-0.4, -0.2) is 25.1 Å². The summed E-state index contributed by atoms with van der Waals surface area (Å²) >= 11 is 7.45. The first-order valence-electron chi connectivity index (χ1n) is 9.80. The van der Waals surface area contributed by atoms with Gasteiger partial charge < -0.3 is 14.8 Å². The Labute approximate surface area is 180 Å². The highest BCUT2D eigenvalue weighted by molar-refractivity contribution is 7.17. The smallest absolute Gasteiger partial charge is 0.341 e. The molecular formula is C22H26ClNO4S. The van der Waals surface area contributed by atoms with Gasteiger partial charge in [0.15, 0.2) is 6.10 Å². The topological polar surface area (TPSA) is 64.6 Å². The van der Waals surface area contributed by atoms with E-state index in [2.05, 4.69) is 12.2 Å². The van der Waals surface area contributed by atoms with Crippen LogP contribution in [0.25, 0.3) is 0 Å². The Kier molecular flexibility index (Phi) is 6.85. The van der Waals surface area contributed by atoms with Gasteiger partial charge in [0.1, 0.15) is 10.8 Å². The third-order valence-electron chi connectivity index (χ3n) is 5.38. The summed E-state index contributed by atoms with van der Waals surface area (Å²) in [6, 6.07) is 5.26. The molecule has 1 aliphatic carbocycles. The van der Waals surface area contributed by atoms with Crippen molar-refractivity contribution in [2.24, 2.45) is 5.92 Å². The van der Waals surface area contributed by atoms with Crippen LogP contribution >= 0.6 is 22.9 Å². The zero-order valence-corrected chi connectivity index (χ0v) is 18.7. The number of methoxy groups -OCH3 is 1. The largest absolute Gasteiger partial charge is 0.481 e. The number of nitrogens with one attached hydrogen (secondary N) is 1. The van der Waals surface area contributed by atoms with E-state index in [1.807, 2.05) is 6.92 Å². The van der Waals surface area contributed by atoms with Gasteiger partial charge in [0.25, 0.3) is 5.91 Å². The first-order valence-corrected chi connectivity index (χ1v) is 11.0. The van der Waals surface area contributed by atoms with E-state index in [0.717, 1.165) is 36.8 Å². The van der Waals surface area contributed by atoms with E-state index in [1.165, 1.54) is 23.3 Å². The lowest BCUT2D eigenvalue weighted by atomic mass is 9.85. The predicted molar refractivity (Wildman–Crippen MR) is 116 cm³/mol. The number of thiophene rings is 1. The third-order valence-corrected chi connectivity index (χ3v) is 6.79. The van der Waals surface area contributed by atoms with Gasteiger partial charge in [-0.3, -0.25) is 4.79 Å². The van der Waals surface area contributed by atoms with Gasteiger partial charge in [0.05, 0.1) is 12.7 Å². The maximum absolute atomic E-state index is 12.8. The summed E-state index contributed by atoms with van der Waals surface area (Å²) in [4.78, 5) is 26.4. The van der Waals surface area contributed by atoms with Crippen molar-refractivity contribution in [1.82, 2.24) is 0 Å². The van der Waals surface area contributed by atoms with Crippen molar-refractivity contribution in [3.63, 3.8) is 0 Å². The fraction of sp³-hybridized carbons (Fsp3) is 0.455. The number of carbonyl (C=O) groups excluding carboxylic acids is 2. The Hall–Kier alpha value is -2.05. The molecule has 1 aromatic carbocycles. The number of anilines is 1. The molecular weight excluding hydrogens is 410 g/mol. The maximum Gasteiger partial charge on any atom is 0.341 e. The molecule has 156 valence electrons. The molecule has 0 bridgehead atoms. The van der Waals surface area contributed by atoms with Gasteiger partial charge in [-0.2, -0.15) is 0 Å². The van der Waals surface area contributed by atoms with Crippen LogP contribution in [0.2, 0.25) is 5.02 Å². The van der Waals surface area contributed by atoms with Crippen LogP contribution in [0.1, 0.15) is 53.1 Å². The summed E-state index contributed by atoms with van der Waals surface area (Å²) in [6.45, 7) is 5.74. The predicted octanol–water partition coefficient (Wildman–Crippen LogP) is 5.42. The second-order valence-electron chi connectivity index (χ2n) is 7.38. The zero-order chi connectivity index (χ0) is 21.1. The molecule has 0 unspecified atom stereocenters. The number of ether oxygens (including phenoxy) is 2. The Morgan fingerprint density at radius 2 is 2.14 bits per heavy atom. The second kappa shape index (κ2) is 9.18. The Balaban J connectivity index is 1.80. The average molecular weight is 436 g/mol. The van der Waals surface area contributed by atoms with E-state index in [9.17, 15) is 9.59 Å². The van der Waals surface area contributed by atoms with E-state index in [0.29, 0.717) is 27.3 Å². The monoisotopic (exact) mass is 435 g/mol. The number of hydrogen-bond acceptors (Lipinski definition) is 5. The molecule has 0 fully saturated rings. The molecule has 1 heterocycles. The van der Waals surface area contributed by atoms with E-state index < -0.39 is 12.1 Å². The van der Waals surface area contributed by atoms with Gasteiger partial charge >= 0.3 is 5.97 Å². The highest BCUT2D eigenvalue weighted by atomic mass is 35.5. The van der Waals surface area contributed by atoms with Gasteiger partial charge in [-0.05, 0) is 68.4 Å².